The van der Waals surface area contributed by atoms with Crippen LogP contribution < -0.4 is 10.5 Å². The summed E-state index contributed by atoms with van der Waals surface area (Å²) in [6, 6.07) is 20.2. The van der Waals surface area contributed by atoms with Crippen LogP contribution in [0.5, 0.6) is 0 Å². The highest BCUT2D eigenvalue weighted by molar-refractivity contribution is 8.14. The van der Waals surface area contributed by atoms with Gasteiger partial charge in [-0.05, 0) is 26.0 Å². The SMILES string of the molecule is CC1(C)CSC(N2NC(c3ccccc3)=NN2c2ccccc2)=N1. The van der Waals surface area contributed by atoms with Crippen molar-refractivity contribution in [1.82, 2.24) is 10.5 Å². The number of nitrogens with zero attached hydrogens (tertiary/aromatic N) is 4. The summed E-state index contributed by atoms with van der Waals surface area (Å²) in [6.45, 7) is 4.30. The minimum absolute atomic E-state index is 0.0560. The van der Waals surface area contributed by atoms with E-state index in [1.54, 1.807) is 11.8 Å². The maximum atomic E-state index is 4.83. The second-order valence-electron chi connectivity index (χ2n) is 6.36. The molecule has 0 aliphatic carbocycles. The Morgan fingerprint density at radius 2 is 1.67 bits per heavy atom. The molecule has 6 heteroatoms. The normalized spacial score (nSPS) is 19.1. The Morgan fingerprint density at radius 3 is 2.29 bits per heavy atom. The topological polar surface area (TPSA) is 43.2 Å². The zero-order valence-corrected chi connectivity index (χ0v) is 14.5. The Balaban J connectivity index is 1.71. The van der Waals surface area contributed by atoms with E-state index in [2.05, 4.69) is 19.3 Å². The van der Waals surface area contributed by atoms with Gasteiger partial charge in [0, 0.05) is 11.3 Å². The fourth-order valence-corrected chi connectivity index (χ4v) is 3.67. The van der Waals surface area contributed by atoms with Gasteiger partial charge in [0.05, 0.1) is 11.2 Å². The zero-order valence-electron chi connectivity index (χ0n) is 13.7. The minimum Gasteiger partial charge on any atom is -0.257 e. The van der Waals surface area contributed by atoms with E-state index in [9.17, 15) is 0 Å². The molecule has 0 saturated heterocycles. The van der Waals surface area contributed by atoms with E-state index in [1.807, 2.05) is 70.9 Å². The molecule has 24 heavy (non-hydrogen) atoms. The van der Waals surface area contributed by atoms with Crippen molar-refractivity contribution >= 4 is 28.5 Å². The standard InChI is InChI=1S/C18H19N5S/c1-18(2)13-24-17(19-18)23-21-16(14-9-5-3-6-10-14)20-22(23)15-11-7-4-8-12-15/h3-12H,13H2,1-2H3,(H,20,21). The Morgan fingerprint density at radius 1 is 1.00 bits per heavy atom. The van der Waals surface area contributed by atoms with Crippen LogP contribution in [-0.4, -0.2) is 27.4 Å². The maximum absolute atomic E-state index is 4.83. The Labute approximate surface area is 146 Å². The molecule has 0 fully saturated rings. The number of aliphatic imine (C=N–C) groups is 1. The van der Waals surface area contributed by atoms with E-state index in [4.69, 9.17) is 10.1 Å². The van der Waals surface area contributed by atoms with Gasteiger partial charge in [-0.25, -0.2) is 0 Å². The molecule has 2 aliphatic rings. The second kappa shape index (κ2) is 5.87. The first-order valence-corrected chi connectivity index (χ1v) is 8.89. The van der Waals surface area contributed by atoms with Crippen molar-refractivity contribution in [1.29, 1.82) is 0 Å². The molecule has 122 valence electrons. The number of nitrogens with one attached hydrogen (secondary N) is 1. The van der Waals surface area contributed by atoms with Crippen LogP contribution in [-0.2, 0) is 0 Å². The zero-order chi connectivity index (χ0) is 16.6. The van der Waals surface area contributed by atoms with Gasteiger partial charge in [-0.15, -0.1) is 15.3 Å². The smallest absolute Gasteiger partial charge is 0.202 e. The monoisotopic (exact) mass is 337 g/mol. The van der Waals surface area contributed by atoms with Gasteiger partial charge in [0.2, 0.25) is 5.17 Å². The summed E-state index contributed by atoms with van der Waals surface area (Å²) in [5.74, 6) is 1.77. The molecule has 2 aliphatic heterocycles. The van der Waals surface area contributed by atoms with E-state index >= 15 is 0 Å². The number of thioether (sulfide) groups is 1. The van der Waals surface area contributed by atoms with Crippen molar-refractivity contribution in [2.24, 2.45) is 10.1 Å². The number of hydrazone groups is 1. The Kier molecular flexibility index (Phi) is 3.69. The van der Waals surface area contributed by atoms with E-state index in [-0.39, 0.29) is 5.54 Å². The molecule has 0 saturated carbocycles. The summed E-state index contributed by atoms with van der Waals surface area (Å²) < 4.78 is 0. The predicted octanol–water partition coefficient (Wildman–Crippen LogP) is 3.47. The first-order valence-electron chi connectivity index (χ1n) is 7.91. The third kappa shape index (κ3) is 2.85. The second-order valence-corrected chi connectivity index (χ2v) is 7.30. The molecule has 0 spiro atoms. The lowest BCUT2D eigenvalue weighted by Crippen LogP contribution is -2.47. The number of hydrogen-bond donors (Lipinski definition) is 1. The summed E-state index contributed by atoms with van der Waals surface area (Å²) in [5.41, 5.74) is 5.37. The number of hydrazine groups is 2. The Bertz CT molecular complexity index is 786. The van der Waals surface area contributed by atoms with Crippen LogP contribution >= 0.6 is 11.8 Å². The highest BCUT2D eigenvalue weighted by atomic mass is 32.2. The lowest BCUT2D eigenvalue weighted by molar-refractivity contribution is 0.386. The third-order valence-corrected chi connectivity index (χ3v) is 5.14. The largest absolute Gasteiger partial charge is 0.257 e. The number of rotatable bonds is 2. The fraction of sp³-hybridized carbons (Fsp3) is 0.222. The molecule has 2 aromatic carbocycles. The molecular weight excluding hydrogens is 318 g/mol. The van der Waals surface area contributed by atoms with Crippen LogP contribution in [0.25, 0.3) is 0 Å². The van der Waals surface area contributed by atoms with E-state index in [0.717, 1.165) is 28.0 Å². The summed E-state index contributed by atoms with van der Waals surface area (Å²) in [5, 5.41) is 9.50. The van der Waals surface area contributed by atoms with E-state index < -0.39 is 0 Å². The molecule has 2 aromatic rings. The molecule has 0 amide bonds. The van der Waals surface area contributed by atoms with Crippen molar-refractivity contribution in [2.45, 2.75) is 19.4 Å². The van der Waals surface area contributed by atoms with E-state index in [1.165, 1.54) is 0 Å². The molecule has 0 radical (unpaired) electrons. The number of benzene rings is 2. The number of amidine groups is 2. The fourth-order valence-electron chi connectivity index (χ4n) is 2.56. The lowest BCUT2D eigenvalue weighted by Gasteiger charge is -2.26. The van der Waals surface area contributed by atoms with Crippen LogP contribution in [0, 0.1) is 0 Å². The lowest BCUT2D eigenvalue weighted by atomic mass is 10.1. The quantitative estimate of drug-likeness (QED) is 0.911. The van der Waals surface area contributed by atoms with Gasteiger partial charge in [0.1, 0.15) is 0 Å². The first-order chi connectivity index (χ1) is 11.6. The predicted molar refractivity (Wildman–Crippen MR) is 101 cm³/mol. The highest BCUT2D eigenvalue weighted by Crippen LogP contribution is 2.31. The van der Waals surface area contributed by atoms with Crippen molar-refractivity contribution < 1.29 is 0 Å². The van der Waals surface area contributed by atoms with Crippen LogP contribution in [0.15, 0.2) is 70.8 Å². The average Bonchev–Trinajstić information content (AvgIpc) is 3.20. The summed E-state index contributed by atoms with van der Waals surface area (Å²) in [6.07, 6.45) is 0. The molecule has 1 N–H and O–H groups in total. The molecule has 2 heterocycles. The van der Waals surface area contributed by atoms with Gasteiger partial charge in [0.15, 0.2) is 5.84 Å². The molecule has 4 rings (SSSR count). The summed E-state index contributed by atoms with van der Waals surface area (Å²) >= 11 is 1.74. The Hall–Kier alpha value is -2.47. The average molecular weight is 337 g/mol. The van der Waals surface area contributed by atoms with Crippen molar-refractivity contribution in [3.8, 4) is 0 Å². The molecule has 0 atom stereocenters. The van der Waals surface area contributed by atoms with Crippen LogP contribution in [0.1, 0.15) is 19.4 Å². The van der Waals surface area contributed by atoms with Gasteiger partial charge >= 0.3 is 0 Å². The number of hydrogen-bond acceptors (Lipinski definition) is 6. The summed E-state index contributed by atoms with van der Waals surface area (Å²) in [4.78, 5) is 4.83. The van der Waals surface area contributed by atoms with Crippen molar-refractivity contribution in [3.05, 3.63) is 66.2 Å². The van der Waals surface area contributed by atoms with Gasteiger partial charge < -0.3 is 0 Å². The number of para-hydroxylation sites is 1. The molecule has 0 aromatic heterocycles. The minimum atomic E-state index is -0.0560. The van der Waals surface area contributed by atoms with Crippen molar-refractivity contribution in [3.63, 3.8) is 0 Å². The molecular formula is C18H19N5S. The van der Waals surface area contributed by atoms with Gasteiger partial charge in [0.25, 0.3) is 0 Å². The first kappa shape index (κ1) is 15.1. The maximum Gasteiger partial charge on any atom is 0.202 e. The van der Waals surface area contributed by atoms with E-state index in [0.29, 0.717) is 0 Å². The number of anilines is 1. The van der Waals surface area contributed by atoms with Crippen molar-refractivity contribution in [2.75, 3.05) is 10.9 Å². The highest BCUT2D eigenvalue weighted by Gasteiger charge is 2.35. The summed E-state index contributed by atoms with van der Waals surface area (Å²) in [7, 11) is 0. The van der Waals surface area contributed by atoms with Crippen LogP contribution in [0.2, 0.25) is 0 Å². The molecule has 0 bridgehead atoms. The van der Waals surface area contributed by atoms with Gasteiger partial charge in [-0.3, -0.25) is 10.4 Å². The van der Waals surface area contributed by atoms with Crippen LogP contribution in [0.4, 0.5) is 5.69 Å². The third-order valence-electron chi connectivity index (χ3n) is 3.76. The van der Waals surface area contributed by atoms with Gasteiger partial charge in [-0.2, -0.15) is 0 Å². The molecule has 0 unspecified atom stereocenters. The van der Waals surface area contributed by atoms with Crippen LogP contribution in [0.3, 0.4) is 0 Å². The van der Waals surface area contributed by atoms with Gasteiger partial charge in [-0.1, -0.05) is 60.3 Å². The molecule has 5 nitrogen and oxygen atoms in total.